The van der Waals surface area contributed by atoms with Gasteiger partial charge in [-0.1, -0.05) is 24.4 Å². The third-order valence-corrected chi connectivity index (χ3v) is 6.36. The van der Waals surface area contributed by atoms with Crippen LogP contribution in [0.4, 0.5) is 4.79 Å². The molecule has 2 N–H and O–H groups in total. The molecule has 2 heterocycles. The summed E-state index contributed by atoms with van der Waals surface area (Å²) in [7, 11) is 0. The molecule has 32 heavy (non-hydrogen) atoms. The molecule has 4 amide bonds. The third-order valence-electron chi connectivity index (χ3n) is 6.03. The molecule has 166 valence electrons. The van der Waals surface area contributed by atoms with E-state index in [4.69, 9.17) is 11.6 Å². The SMILES string of the molecule is Cc1cc(/C=C2/C(=O)NC(=O)N(C3CCCC3)C2=O)c(C)n1-c1ccc(Cl)c(C(=O)O)c1. The van der Waals surface area contributed by atoms with Gasteiger partial charge in [0.05, 0.1) is 10.6 Å². The number of benzene rings is 1. The summed E-state index contributed by atoms with van der Waals surface area (Å²) < 4.78 is 1.82. The van der Waals surface area contributed by atoms with E-state index < -0.39 is 23.8 Å². The maximum atomic E-state index is 13.1. The van der Waals surface area contributed by atoms with Crippen LogP contribution >= 0.6 is 11.6 Å². The summed E-state index contributed by atoms with van der Waals surface area (Å²) in [5.74, 6) is -2.45. The maximum Gasteiger partial charge on any atom is 0.337 e. The number of urea groups is 1. The molecule has 1 saturated carbocycles. The number of carbonyl (C=O) groups is 4. The summed E-state index contributed by atoms with van der Waals surface area (Å²) in [6.07, 6.45) is 4.83. The zero-order chi connectivity index (χ0) is 23.2. The third kappa shape index (κ3) is 3.71. The number of hydrogen-bond acceptors (Lipinski definition) is 4. The molecule has 2 aromatic rings. The topological polar surface area (TPSA) is 109 Å². The molecule has 0 atom stereocenters. The highest BCUT2D eigenvalue weighted by atomic mass is 35.5. The Morgan fingerprint density at radius 2 is 1.84 bits per heavy atom. The van der Waals surface area contributed by atoms with Crippen molar-refractivity contribution in [2.24, 2.45) is 0 Å². The lowest BCUT2D eigenvalue weighted by Crippen LogP contribution is -2.57. The van der Waals surface area contributed by atoms with Gasteiger partial charge in [-0.3, -0.25) is 19.8 Å². The van der Waals surface area contributed by atoms with Crippen LogP contribution in [0.3, 0.4) is 0 Å². The molecule has 1 aliphatic heterocycles. The number of aromatic nitrogens is 1. The van der Waals surface area contributed by atoms with Gasteiger partial charge < -0.3 is 9.67 Å². The Bertz CT molecular complexity index is 1190. The van der Waals surface area contributed by atoms with Crippen molar-refractivity contribution in [1.82, 2.24) is 14.8 Å². The van der Waals surface area contributed by atoms with E-state index in [0.29, 0.717) is 16.9 Å². The largest absolute Gasteiger partial charge is 0.478 e. The zero-order valence-corrected chi connectivity index (χ0v) is 18.4. The number of aromatic carboxylic acids is 1. The van der Waals surface area contributed by atoms with Crippen LogP contribution in [0.1, 0.15) is 53.0 Å². The van der Waals surface area contributed by atoms with Crippen molar-refractivity contribution in [2.75, 3.05) is 0 Å². The summed E-state index contributed by atoms with van der Waals surface area (Å²) in [4.78, 5) is 50.5. The second kappa shape index (κ2) is 8.27. The van der Waals surface area contributed by atoms with Crippen molar-refractivity contribution in [3.05, 3.63) is 57.4 Å². The average molecular weight is 456 g/mol. The molecular weight excluding hydrogens is 434 g/mol. The number of carboxylic acid groups (broad SMARTS) is 1. The maximum absolute atomic E-state index is 13.1. The number of barbiturate groups is 1. The molecule has 0 radical (unpaired) electrons. The highest BCUT2D eigenvalue weighted by molar-refractivity contribution is 6.33. The number of hydrogen-bond donors (Lipinski definition) is 2. The van der Waals surface area contributed by atoms with Crippen molar-refractivity contribution >= 4 is 41.5 Å². The fourth-order valence-electron chi connectivity index (χ4n) is 4.47. The van der Waals surface area contributed by atoms with Gasteiger partial charge in [-0.05, 0) is 62.6 Å². The van der Waals surface area contributed by atoms with Gasteiger partial charge >= 0.3 is 12.0 Å². The Morgan fingerprint density at radius 1 is 1.16 bits per heavy atom. The second-order valence-corrected chi connectivity index (χ2v) is 8.47. The highest BCUT2D eigenvalue weighted by Gasteiger charge is 2.40. The molecule has 2 aliphatic rings. The summed E-state index contributed by atoms with van der Waals surface area (Å²) in [5, 5.41) is 11.8. The Balaban J connectivity index is 1.74. The molecule has 1 saturated heterocycles. The monoisotopic (exact) mass is 455 g/mol. The van der Waals surface area contributed by atoms with Crippen LogP contribution < -0.4 is 5.32 Å². The van der Waals surface area contributed by atoms with Gasteiger partial charge in [0, 0.05) is 23.1 Å². The van der Waals surface area contributed by atoms with E-state index in [1.807, 2.05) is 11.5 Å². The summed E-state index contributed by atoms with van der Waals surface area (Å²) >= 11 is 5.99. The fourth-order valence-corrected chi connectivity index (χ4v) is 4.67. The minimum absolute atomic E-state index is 0.0240. The summed E-state index contributed by atoms with van der Waals surface area (Å²) in [6, 6.07) is 5.62. The van der Waals surface area contributed by atoms with Crippen molar-refractivity contribution in [3.8, 4) is 5.69 Å². The number of nitrogens with one attached hydrogen (secondary N) is 1. The molecule has 4 rings (SSSR count). The van der Waals surface area contributed by atoms with Gasteiger partial charge in [-0.2, -0.15) is 0 Å². The predicted octanol–water partition coefficient (Wildman–Crippen LogP) is 3.85. The molecule has 0 spiro atoms. The molecule has 1 aromatic heterocycles. The first-order chi connectivity index (χ1) is 15.2. The van der Waals surface area contributed by atoms with Crippen LogP contribution in [0, 0.1) is 13.8 Å². The molecule has 2 fully saturated rings. The number of halogens is 1. The van der Waals surface area contributed by atoms with Gasteiger partial charge in [0.2, 0.25) is 0 Å². The van der Waals surface area contributed by atoms with E-state index in [9.17, 15) is 24.3 Å². The Hall–Kier alpha value is -3.39. The smallest absolute Gasteiger partial charge is 0.337 e. The number of carboxylic acids is 1. The van der Waals surface area contributed by atoms with E-state index >= 15 is 0 Å². The van der Waals surface area contributed by atoms with Crippen molar-refractivity contribution in [1.29, 1.82) is 0 Å². The van der Waals surface area contributed by atoms with E-state index in [1.54, 1.807) is 19.1 Å². The lowest BCUT2D eigenvalue weighted by molar-refractivity contribution is -0.131. The number of nitrogens with zero attached hydrogens (tertiary/aromatic N) is 2. The standard InChI is InChI=1S/C23H22ClN3O5/c1-12-9-14(13(2)26(12)16-7-8-19(24)17(11-16)22(30)31)10-18-20(28)25-23(32)27(21(18)29)15-5-3-4-6-15/h7-11,15H,3-6H2,1-2H3,(H,30,31)(H,25,28,32)/b18-10-. The van der Waals surface area contributed by atoms with Gasteiger partial charge in [0.15, 0.2) is 0 Å². The quantitative estimate of drug-likeness (QED) is 0.537. The number of imide groups is 2. The Labute approximate surface area is 189 Å². The van der Waals surface area contributed by atoms with Crippen molar-refractivity contribution in [3.63, 3.8) is 0 Å². The van der Waals surface area contributed by atoms with Gasteiger partial charge in [-0.15, -0.1) is 0 Å². The molecule has 1 aromatic carbocycles. The zero-order valence-electron chi connectivity index (χ0n) is 17.6. The number of aryl methyl sites for hydroxylation is 1. The lowest BCUT2D eigenvalue weighted by atomic mass is 10.1. The molecule has 0 bridgehead atoms. The first-order valence-corrected chi connectivity index (χ1v) is 10.7. The van der Waals surface area contributed by atoms with E-state index in [1.165, 1.54) is 18.2 Å². The normalized spacial score (nSPS) is 18.5. The number of rotatable bonds is 4. The first kappa shape index (κ1) is 21.8. The molecule has 9 heteroatoms. The van der Waals surface area contributed by atoms with Crippen LogP contribution in [0.5, 0.6) is 0 Å². The predicted molar refractivity (Wildman–Crippen MR) is 118 cm³/mol. The van der Waals surface area contributed by atoms with Crippen LogP contribution in [-0.2, 0) is 9.59 Å². The van der Waals surface area contributed by atoms with Crippen LogP contribution in [0.2, 0.25) is 5.02 Å². The molecule has 1 aliphatic carbocycles. The van der Waals surface area contributed by atoms with Gasteiger partial charge in [-0.25, -0.2) is 9.59 Å². The Morgan fingerprint density at radius 3 is 2.50 bits per heavy atom. The van der Waals surface area contributed by atoms with Crippen LogP contribution in [-0.4, -0.2) is 44.4 Å². The average Bonchev–Trinajstić information content (AvgIpc) is 3.34. The number of carbonyl (C=O) groups excluding carboxylic acids is 3. The summed E-state index contributed by atoms with van der Waals surface area (Å²) in [5.41, 5.74) is 2.57. The van der Waals surface area contributed by atoms with Gasteiger partial charge in [0.1, 0.15) is 5.57 Å². The van der Waals surface area contributed by atoms with Crippen LogP contribution in [0.15, 0.2) is 29.8 Å². The highest BCUT2D eigenvalue weighted by Crippen LogP contribution is 2.29. The van der Waals surface area contributed by atoms with Crippen molar-refractivity contribution < 1.29 is 24.3 Å². The van der Waals surface area contributed by atoms with Gasteiger partial charge in [0.25, 0.3) is 11.8 Å². The summed E-state index contributed by atoms with van der Waals surface area (Å²) in [6.45, 7) is 3.64. The second-order valence-electron chi connectivity index (χ2n) is 8.06. The van der Waals surface area contributed by atoms with Crippen LogP contribution in [0.25, 0.3) is 11.8 Å². The number of amides is 4. The fraction of sp³-hybridized carbons (Fsp3) is 0.304. The van der Waals surface area contributed by atoms with E-state index in [-0.39, 0.29) is 22.2 Å². The van der Waals surface area contributed by atoms with E-state index in [0.717, 1.165) is 36.3 Å². The minimum Gasteiger partial charge on any atom is -0.478 e. The lowest BCUT2D eigenvalue weighted by Gasteiger charge is -2.31. The molecule has 8 nitrogen and oxygen atoms in total. The van der Waals surface area contributed by atoms with E-state index in [2.05, 4.69) is 5.32 Å². The molecule has 0 unspecified atom stereocenters. The van der Waals surface area contributed by atoms with Crippen molar-refractivity contribution in [2.45, 2.75) is 45.6 Å². The molecular formula is C23H22ClN3O5. The minimum atomic E-state index is -1.14. The Kier molecular flexibility index (Phi) is 5.64. The first-order valence-electron chi connectivity index (χ1n) is 10.3.